The van der Waals surface area contributed by atoms with Crippen LogP contribution in [0.1, 0.15) is 20.3 Å². The molecule has 0 saturated carbocycles. The Bertz CT molecular complexity index is 291. The monoisotopic (exact) mass is 319 g/mol. The molecule has 4 nitrogen and oxygen atoms in total. The lowest BCUT2D eigenvalue weighted by atomic mass is 10.2. The highest BCUT2D eigenvalue weighted by molar-refractivity contribution is 6.71. The fourth-order valence-corrected chi connectivity index (χ4v) is 4.67. The van der Waals surface area contributed by atoms with Crippen molar-refractivity contribution in [3.63, 3.8) is 0 Å². The van der Waals surface area contributed by atoms with E-state index in [9.17, 15) is 4.79 Å². The number of nitrogens with one attached hydrogen (secondary N) is 1. The fourth-order valence-electron chi connectivity index (χ4n) is 1.91. The van der Waals surface area contributed by atoms with Crippen molar-refractivity contribution >= 4 is 22.6 Å². The third-order valence-corrected chi connectivity index (χ3v) is 6.37. The molecule has 0 spiro atoms. The quantitative estimate of drug-likeness (QED) is 0.496. The van der Waals surface area contributed by atoms with Gasteiger partial charge in [0, 0.05) is 13.2 Å². The predicted molar refractivity (Wildman–Crippen MR) is 90.0 cm³/mol. The third kappa shape index (κ3) is 10.6. The molecule has 0 aliphatic heterocycles. The van der Waals surface area contributed by atoms with Gasteiger partial charge in [0.2, 0.25) is 8.32 Å². The van der Waals surface area contributed by atoms with Crippen LogP contribution in [0.15, 0.2) is 0 Å². The second-order valence-electron chi connectivity index (χ2n) is 6.93. The van der Waals surface area contributed by atoms with E-state index in [0.717, 1.165) is 25.6 Å². The van der Waals surface area contributed by atoms with Gasteiger partial charge < -0.3 is 14.2 Å². The number of rotatable bonds is 10. The number of carbonyl (C=O) groups excluding carboxylic acids is 1. The van der Waals surface area contributed by atoms with Crippen LogP contribution in [0.3, 0.4) is 0 Å². The van der Waals surface area contributed by atoms with Crippen molar-refractivity contribution in [1.82, 2.24) is 5.32 Å². The van der Waals surface area contributed by atoms with Crippen LogP contribution < -0.4 is 5.32 Å². The largest absolute Gasteiger partial charge is 0.520 e. The van der Waals surface area contributed by atoms with Crippen LogP contribution in [0.5, 0.6) is 0 Å². The summed E-state index contributed by atoms with van der Waals surface area (Å²) in [6.07, 6.45) is 1.11. The molecule has 0 fully saturated rings. The number of carbonyl (C=O) groups is 1. The first-order valence-electron chi connectivity index (χ1n) is 7.65. The molecule has 0 rings (SSSR count). The van der Waals surface area contributed by atoms with Gasteiger partial charge in [-0.2, -0.15) is 0 Å². The Morgan fingerprint density at radius 2 is 1.80 bits per heavy atom. The van der Waals surface area contributed by atoms with Crippen molar-refractivity contribution in [1.29, 1.82) is 0 Å². The van der Waals surface area contributed by atoms with E-state index in [1.807, 2.05) is 26.6 Å². The lowest BCUT2D eigenvalue weighted by molar-refractivity contribution is -0.138. The molecule has 1 unspecified atom stereocenters. The molecule has 0 bridgehead atoms. The van der Waals surface area contributed by atoms with Gasteiger partial charge >= 0.3 is 0 Å². The molecule has 0 aliphatic rings. The number of hydrogen-bond acceptors (Lipinski definition) is 4. The zero-order chi connectivity index (χ0) is 15.8. The third-order valence-electron chi connectivity index (χ3n) is 2.93. The highest BCUT2D eigenvalue weighted by atomic mass is 28.4. The first-order valence-corrected chi connectivity index (χ1v) is 14.2. The lowest BCUT2D eigenvalue weighted by Crippen LogP contribution is -2.36. The van der Waals surface area contributed by atoms with Crippen LogP contribution >= 0.6 is 0 Å². The molecule has 1 atom stereocenters. The Kier molecular flexibility index (Phi) is 8.89. The van der Waals surface area contributed by atoms with E-state index in [-0.39, 0.29) is 11.9 Å². The van der Waals surface area contributed by atoms with Crippen molar-refractivity contribution in [3.05, 3.63) is 0 Å². The molecular formula is C14H33NO3Si2. The Hall–Kier alpha value is -0.176. The van der Waals surface area contributed by atoms with Crippen molar-refractivity contribution < 1.29 is 13.6 Å². The summed E-state index contributed by atoms with van der Waals surface area (Å²) in [7, 11) is -3.22. The lowest BCUT2D eigenvalue weighted by Gasteiger charge is -2.22. The van der Waals surface area contributed by atoms with E-state index >= 15 is 0 Å². The average Bonchev–Trinajstić information content (AvgIpc) is 2.25. The maximum atomic E-state index is 11.8. The van der Waals surface area contributed by atoms with Crippen LogP contribution in [0.25, 0.3) is 0 Å². The minimum atomic E-state index is -1.76. The molecule has 0 heterocycles. The summed E-state index contributed by atoms with van der Waals surface area (Å²) in [4.78, 5) is 11.8. The van der Waals surface area contributed by atoms with Gasteiger partial charge in [-0.25, -0.2) is 0 Å². The molecule has 0 aliphatic carbocycles. The molecular weight excluding hydrogens is 286 g/mol. The van der Waals surface area contributed by atoms with Gasteiger partial charge in [-0.1, -0.05) is 6.92 Å². The van der Waals surface area contributed by atoms with Crippen molar-refractivity contribution in [2.45, 2.75) is 59.0 Å². The topological polar surface area (TPSA) is 47.6 Å². The summed E-state index contributed by atoms with van der Waals surface area (Å²) in [5, 5.41) is 3.35. The van der Waals surface area contributed by atoms with E-state index < -0.39 is 16.6 Å². The van der Waals surface area contributed by atoms with Crippen LogP contribution in [0.2, 0.25) is 38.8 Å². The van der Waals surface area contributed by atoms with Crippen LogP contribution in [-0.4, -0.2) is 42.3 Å². The summed E-state index contributed by atoms with van der Waals surface area (Å²) >= 11 is 0. The zero-order valence-electron chi connectivity index (χ0n) is 14.3. The standard InChI is InChI=1S/C14H33NO3Si2/c1-8-17-20(6,7)11-9-10-15-12-13(2)14(16)18-19(3,4)5/h13,15H,8-12H2,1-7H3. The van der Waals surface area contributed by atoms with Gasteiger partial charge in [0.15, 0.2) is 8.32 Å². The molecule has 0 amide bonds. The van der Waals surface area contributed by atoms with Crippen LogP contribution in [0.4, 0.5) is 0 Å². The normalized spacial score (nSPS) is 14.2. The maximum absolute atomic E-state index is 11.8. The van der Waals surface area contributed by atoms with E-state index in [2.05, 4.69) is 25.3 Å². The molecule has 20 heavy (non-hydrogen) atoms. The molecule has 6 heteroatoms. The Morgan fingerprint density at radius 3 is 2.30 bits per heavy atom. The zero-order valence-corrected chi connectivity index (χ0v) is 16.3. The van der Waals surface area contributed by atoms with Crippen LogP contribution in [0, 0.1) is 5.92 Å². The van der Waals surface area contributed by atoms with Gasteiger partial charge in [0.1, 0.15) is 0 Å². The summed E-state index contributed by atoms with van der Waals surface area (Å²) in [6, 6.07) is 1.15. The highest BCUT2D eigenvalue weighted by Crippen LogP contribution is 2.13. The van der Waals surface area contributed by atoms with E-state index in [4.69, 9.17) is 8.85 Å². The molecule has 120 valence electrons. The molecule has 1 N–H and O–H groups in total. The average molecular weight is 320 g/mol. The van der Waals surface area contributed by atoms with E-state index in [0.29, 0.717) is 6.54 Å². The predicted octanol–water partition coefficient (Wildman–Crippen LogP) is 3.22. The van der Waals surface area contributed by atoms with Gasteiger partial charge in [-0.15, -0.1) is 0 Å². The van der Waals surface area contributed by atoms with Gasteiger partial charge in [0.05, 0.1) is 5.92 Å². The molecule has 0 aromatic carbocycles. The molecule has 0 aromatic heterocycles. The van der Waals surface area contributed by atoms with E-state index in [1.165, 1.54) is 0 Å². The number of hydrogen-bond donors (Lipinski definition) is 1. The Morgan fingerprint density at radius 1 is 1.20 bits per heavy atom. The minimum absolute atomic E-state index is 0.0688. The smallest absolute Gasteiger partial charge is 0.296 e. The Balaban J connectivity index is 3.77. The Labute approximate surface area is 126 Å². The maximum Gasteiger partial charge on any atom is 0.296 e. The summed E-state index contributed by atoms with van der Waals surface area (Å²) in [5.41, 5.74) is 0. The summed E-state index contributed by atoms with van der Waals surface area (Å²) in [6.45, 7) is 17.0. The highest BCUT2D eigenvalue weighted by Gasteiger charge is 2.24. The second-order valence-corrected chi connectivity index (χ2v) is 15.7. The molecule has 0 saturated heterocycles. The first kappa shape index (κ1) is 19.8. The summed E-state index contributed by atoms with van der Waals surface area (Å²) in [5.74, 6) is -0.139. The van der Waals surface area contributed by atoms with E-state index in [1.54, 1.807) is 0 Å². The second kappa shape index (κ2) is 8.97. The van der Waals surface area contributed by atoms with Crippen molar-refractivity contribution in [3.8, 4) is 0 Å². The minimum Gasteiger partial charge on any atom is -0.520 e. The first-order chi connectivity index (χ1) is 9.07. The van der Waals surface area contributed by atoms with Crippen molar-refractivity contribution in [2.24, 2.45) is 5.92 Å². The van der Waals surface area contributed by atoms with Crippen molar-refractivity contribution in [2.75, 3.05) is 19.7 Å². The van der Waals surface area contributed by atoms with Gasteiger partial charge in [0.25, 0.3) is 5.97 Å². The SMILES string of the molecule is CCO[Si](C)(C)CCCNCC(C)C(=O)O[Si](C)(C)C. The van der Waals surface area contributed by atoms with Gasteiger partial charge in [-0.05, 0) is 58.7 Å². The molecule has 0 radical (unpaired) electrons. The molecule has 0 aromatic rings. The van der Waals surface area contributed by atoms with Gasteiger partial charge in [-0.3, -0.25) is 4.79 Å². The summed E-state index contributed by atoms with van der Waals surface area (Å²) < 4.78 is 11.3. The fraction of sp³-hybridized carbons (Fsp3) is 0.929. The van der Waals surface area contributed by atoms with Crippen LogP contribution in [-0.2, 0) is 13.6 Å².